The first-order chi connectivity index (χ1) is 4.98. The lowest BCUT2D eigenvalue weighted by molar-refractivity contribution is 0.0482. The number of aliphatic hydroxyl groups is 1. The van der Waals surface area contributed by atoms with Gasteiger partial charge in [0.25, 0.3) is 0 Å². The van der Waals surface area contributed by atoms with Crippen molar-refractivity contribution in [2.75, 3.05) is 0 Å². The molecule has 0 aliphatic heterocycles. The zero-order chi connectivity index (χ0) is 8.28. The Labute approximate surface area is 68.1 Å². The fraction of sp³-hybridized carbons (Fsp3) is 0.800. The van der Waals surface area contributed by atoms with Crippen LogP contribution in [0.1, 0.15) is 27.2 Å². The fourth-order valence-electron chi connectivity index (χ4n) is 2.57. The Balaban J connectivity index is 2.47. The smallest absolute Gasteiger partial charge is 0.0639 e. The zero-order valence-electron chi connectivity index (χ0n) is 7.46. The molecule has 1 N–H and O–H groups in total. The van der Waals surface area contributed by atoms with Crippen LogP contribution in [0.4, 0.5) is 0 Å². The number of aliphatic hydroxyl groups excluding tert-OH is 1. The van der Waals surface area contributed by atoms with Crippen molar-refractivity contribution in [3.05, 3.63) is 12.2 Å². The lowest BCUT2D eigenvalue weighted by atomic mass is 9.70. The molecule has 0 spiro atoms. The number of rotatable bonds is 0. The van der Waals surface area contributed by atoms with E-state index in [2.05, 4.69) is 32.9 Å². The fourth-order valence-corrected chi connectivity index (χ4v) is 2.57. The normalized spacial score (nSPS) is 52.0. The molecule has 2 aliphatic carbocycles. The SMILES string of the molecule is CC1(C)[C@@H]2C=CC1(C)[C@H](O)C2. The van der Waals surface area contributed by atoms with Crippen LogP contribution in [0.3, 0.4) is 0 Å². The summed E-state index contributed by atoms with van der Waals surface area (Å²) in [6, 6.07) is 0. The number of allylic oxidation sites excluding steroid dienone is 1. The summed E-state index contributed by atoms with van der Waals surface area (Å²) in [4.78, 5) is 0. The van der Waals surface area contributed by atoms with E-state index >= 15 is 0 Å². The van der Waals surface area contributed by atoms with Crippen LogP contribution >= 0.6 is 0 Å². The predicted molar refractivity (Wildman–Crippen MR) is 45.1 cm³/mol. The molecule has 2 bridgehead atoms. The highest BCUT2D eigenvalue weighted by Gasteiger charge is 2.58. The molecule has 62 valence electrons. The van der Waals surface area contributed by atoms with E-state index < -0.39 is 0 Å². The van der Waals surface area contributed by atoms with Crippen LogP contribution in [0.5, 0.6) is 0 Å². The Morgan fingerprint density at radius 3 is 2.18 bits per heavy atom. The zero-order valence-corrected chi connectivity index (χ0v) is 7.46. The van der Waals surface area contributed by atoms with E-state index in [1.807, 2.05) is 0 Å². The second kappa shape index (κ2) is 1.71. The van der Waals surface area contributed by atoms with Crippen LogP contribution in [0.2, 0.25) is 0 Å². The van der Waals surface area contributed by atoms with Crippen molar-refractivity contribution in [3.63, 3.8) is 0 Å². The molecule has 0 aromatic heterocycles. The third-order valence-electron chi connectivity index (χ3n) is 4.16. The third kappa shape index (κ3) is 0.610. The molecule has 1 nitrogen and oxygen atoms in total. The van der Waals surface area contributed by atoms with Gasteiger partial charge in [-0.3, -0.25) is 0 Å². The number of hydrogen-bond donors (Lipinski definition) is 1. The van der Waals surface area contributed by atoms with Crippen molar-refractivity contribution in [2.24, 2.45) is 16.7 Å². The van der Waals surface area contributed by atoms with Crippen molar-refractivity contribution in [2.45, 2.75) is 33.3 Å². The van der Waals surface area contributed by atoms with Gasteiger partial charge in [0.15, 0.2) is 0 Å². The second-order valence-corrected chi connectivity index (χ2v) is 4.72. The summed E-state index contributed by atoms with van der Waals surface area (Å²) in [5.41, 5.74) is 0.310. The molecule has 0 saturated heterocycles. The van der Waals surface area contributed by atoms with E-state index in [4.69, 9.17) is 0 Å². The molecule has 0 heterocycles. The van der Waals surface area contributed by atoms with Gasteiger partial charge in [0, 0.05) is 5.41 Å². The van der Waals surface area contributed by atoms with Gasteiger partial charge in [0.05, 0.1) is 6.10 Å². The lowest BCUT2D eigenvalue weighted by Gasteiger charge is -2.35. The summed E-state index contributed by atoms with van der Waals surface area (Å²) in [7, 11) is 0. The first-order valence-electron chi connectivity index (χ1n) is 4.36. The van der Waals surface area contributed by atoms with Crippen LogP contribution in [0.25, 0.3) is 0 Å². The van der Waals surface area contributed by atoms with Gasteiger partial charge in [-0.1, -0.05) is 32.9 Å². The minimum absolute atomic E-state index is 0.0394. The molecule has 0 radical (unpaired) electrons. The molecule has 2 rings (SSSR count). The second-order valence-electron chi connectivity index (χ2n) is 4.72. The van der Waals surface area contributed by atoms with Crippen molar-refractivity contribution >= 4 is 0 Å². The molecule has 0 amide bonds. The van der Waals surface area contributed by atoms with E-state index in [1.54, 1.807) is 0 Å². The molecule has 1 heteroatoms. The molecule has 2 aliphatic rings. The van der Waals surface area contributed by atoms with Crippen molar-refractivity contribution in [1.82, 2.24) is 0 Å². The molecule has 1 fully saturated rings. The molecule has 0 aromatic carbocycles. The van der Waals surface area contributed by atoms with E-state index in [0.29, 0.717) is 5.92 Å². The van der Waals surface area contributed by atoms with Crippen LogP contribution in [0.15, 0.2) is 12.2 Å². The average molecular weight is 152 g/mol. The summed E-state index contributed by atoms with van der Waals surface area (Å²) in [6.45, 7) is 6.68. The van der Waals surface area contributed by atoms with Crippen molar-refractivity contribution < 1.29 is 5.11 Å². The first kappa shape index (κ1) is 7.35. The van der Waals surface area contributed by atoms with Crippen molar-refractivity contribution in [1.29, 1.82) is 0 Å². The summed E-state index contributed by atoms with van der Waals surface area (Å²) >= 11 is 0. The van der Waals surface area contributed by atoms with Crippen LogP contribution in [-0.2, 0) is 0 Å². The quantitative estimate of drug-likeness (QED) is 0.526. The van der Waals surface area contributed by atoms with Crippen molar-refractivity contribution in [3.8, 4) is 0 Å². The molecule has 1 saturated carbocycles. The summed E-state index contributed by atoms with van der Waals surface area (Å²) in [5, 5.41) is 9.76. The van der Waals surface area contributed by atoms with E-state index in [0.717, 1.165) is 6.42 Å². The molecule has 11 heavy (non-hydrogen) atoms. The average Bonchev–Trinajstić information content (AvgIpc) is 2.20. The topological polar surface area (TPSA) is 20.2 Å². The third-order valence-corrected chi connectivity index (χ3v) is 4.16. The Morgan fingerprint density at radius 2 is 2.00 bits per heavy atom. The maximum absolute atomic E-state index is 9.76. The molecular formula is C10H16O. The summed E-state index contributed by atoms with van der Waals surface area (Å²) < 4.78 is 0. The highest BCUT2D eigenvalue weighted by Crippen LogP contribution is 2.61. The highest BCUT2D eigenvalue weighted by molar-refractivity contribution is 5.25. The van der Waals surface area contributed by atoms with Crippen LogP contribution in [-0.4, -0.2) is 11.2 Å². The van der Waals surface area contributed by atoms with Gasteiger partial charge < -0.3 is 5.11 Å². The van der Waals surface area contributed by atoms with E-state index in [1.165, 1.54) is 0 Å². The molecule has 0 aromatic rings. The molecular weight excluding hydrogens is 136 g/mol. The highest BCUT2D eigenvalue weighted by atomic mass is 16.3. The van der Waals surface area contributed by atoms with Gasteiger partial charge in [0.1, 0.15) is 0 Å². The maximum atomic E-state index is 9.76. The maximum Gasteiger partial charge on any atom is 0.0639 e. The lowest BCUT2D eigenvalue weighted by Crippen LogP contribution is -2.34. The van der Waals surface area contributed by atoms with Gasteiger partial charge in [-0.2, -0.15) is 0 Å². The standard InChI is InChI=1S/C10H16O/c1-9(2)7-4-5-10(9,3)8(11)6-7/h4-5,7-8,11H,6H2,1-3H3/t7-,8-,10?/m1/s1. The Hall–Kier alpha value is -0.300. The van der Waals surface area contributed by atoms with Gasteiger partial charge in [-0.15, -0.1) is 0 Å². The van der Waals surface area contributed by atoms with Gasteiger partial charge in [-0.25, -0.2) is 0 Å². The summed E-state index contributed by atoms with van der Waals surface area (Å²) in [5.74, 6) is 0.600. The summed E-state index contributed by atoms with van der Waals surface area (Å²) in [6.07, 6.45) is 5.31. The Kier molecular flexibility index (Phi) is 1.15. The molecule has 1 unspecified atom stereocenters. The van der Waals surface area contributed by atoms with E-state index in [-0.39, 0.29) is 16.9 Å². The van der Waals surface area contributed by atoms with Gasteiger partial charge >= 0.3 is 0 Å². The predicted octanol–water partition coefficient (Wildman–Crippen LogP) is 1.97. The van der Waals surface area contributed by atoms with Gasteiger partial charge in [-0.05, 0) is 17.8 Å². The Bertz CT molecular complexity index is 217. The monoisotopic (exact) mass is 152 g/mol. The minimum atomic E-state index is -0.118. The number of fused-ring (bicyclic) bond motifs is 2. The number of hydrogen-bond acceptors (Lipinski definition) is 1. The minimum Gasteiger partial charge on any atom is -0.392 e. The largest absolute Gasteiger partial charge is 0.392 e. The molecule has 3 atom stereocenters. The van der Waals surface area contributed by atoms with Crippen LogP contribution in [0, 0.1) is 16.7 Å². The Morgan fingerprint density at radius 1 is 1.36 bits per heavy atom. The van der Waals surface area contributed by atoms with E-state index in [9.17, 15) is 5.11 Å². The van der Waals surface area contributed by atoms with Crippen LogP contribution < -0.4 is 0 Å². The van der Waals surface area contributed by atoms with Gasteiger partial charge in [0.2, 0.25) is 0 Å². The first-order valence-corrected chi connectivity index (χ1v) is 4.36.